The molecular weight excluding hydrogens is 315 g/mol. The molecule has 8 heteroatoms. The number of halogens is 2. The molecule has 0 saturated carbocycles. The van der Waals surface area contributed by atoms with E-state index in [9.17, 15) is 9.59 Å². The highest BCUT2D eigenvalue weighted by Crippen LogP contribution is 2.22. The number of carbonyl (C=O) groups is 2. The van der Waals surface area contributed by atoms with Gasteiger partial charge in [-0.2, -0.15) is 0 Å². The van der Waals surface area contributed by atoms with Crippen LogP contribution in [0.2, 0.25) is 10.2 Å². The lowest BCUT2D eigenvalue weighted by Gasteiger charge is -2.08. The van der Waals surface area contributed by atoms with Crippen molar-refractivity contribution < 1.29 is 9.59 Å². The number of nitrogens with zero attached hydrogens (tertiary/aromatic N) is 1. The first-order valence-electron chi connectivity index (χ1n) is 5.75. The zero-order chi connectivity index (χ0) is 15.4. The molecule has 0 unspecified atom stereocenters. The normalized spacial score (nSPS) is 10.0. The molecule has 2 amide bonds. The van der Waals surface area contributed by atoms with E-state index in [2.05, 4.69) is 15.6 Å². The molecule has 0 fully saturated rings. The zero-order valence-electron chi connectivity index (χ0n) is 10.6. The molecular formula is C13H10Cl2N4O2. The van der Waals surface area contributed by atoms with Crippen LogP contribution < -0.4 is 16.4 Å². The molecule has 0 aliphatic carbocycles. The van der Waals surface area contributed by atoms with Crippen molar-refractivity contribution in [1.29, 1.82) is 0 Å². The van der Waals surface area contributed by atoms with Crippen LogP contribution in [0.1, 0.15) is 0 Å². The fourth-order valence-corrected chi connectivity index (χ4v) is 1.80. The van der Waals surface area contributed by atoms with E-state index < -0.39 is 11.8 Å². The molecule has 21 heavy (non-hydrogen) atoms. The highest BCUT2D eigenvalue weighted by molar-refractivity contribution is 6.44. The van der Waals surface area contributed by atoms with E-state index in [-0.39, 0.29) is 15.9 Å². The lowest BCUT2D eigenvalue weighted by atomic mass is 10.3. The number of pyridine rings is 1. The van der Waals surface area contributed by atoms with Crippen LogP contribution in [0.5, 0.6) is 0 Å². The third-order valence-electron chi connectivity index (χ3n) is 2.47. The van der Waals surface area contributed by atoms with Gasteiger partial charge in [-0.25, -0.2) is 4.98 Å². The van der Waals surface area contributed by atoms with Crippen LogP contribution in [0.3, 0.4) is 0 Å². The summed E-state index contributed by atoms with van der Waals surface area (Å²) in [5, 5.41) is 5.12. The van der Waals surface area contributed by atoms with E-state index in [1.807, 2.05) is 0 Å². The van der Waals surface area contributed by atoms with Crippen LogP contribution >= 0.6 is 23.2 Å². The summed E-state index contributed by atoms with van der Waals surface area (Å²) in [7, 11) is 0. The van der Waals surface area contributed by atoms with Crippen LogP contribution in [0.15, 0.2) is 36.5 Å². The summed E-state index contributed by atoms with van der Waals surface area (Å²) >= 11 is 11.6. The molecule has 0 bridgehead atoms. The monoisotopic (exact) mass is 324 g/mol. The van der Waals surface area contributed by atoms with Gasteiger partial charge in [-0.3, -0.25) is 9.59 Å². The van der Waals surface area contributed by atoms with Gasteiger partial charge in [-0.15, -0.1) is 0 Å². The fourth-order valence-electron chi connectivity index (χ4n) is 1.45. The fraction of sp³-hybridized carbons (Fsp3) is 0. The molecule has 2 aromatic rings. The summed E-state index contributed by atoms with van der Waals surface area (Å²) in [5.41, 5.74) is 6.53. The Morgan fingerprint density at radius 2 is 1.81 bits per heavy atom. The molecule has 0 radical (unpaired) electrons. The van der Waals surface area contributed by atoms with Crippen molar-refractivity contribution in [2.24, 2.45) is 0 Å². The average molecular weight is 325 g/mol. The van der Waals surface area contributed by atoms with E-state index >= 15 is 0 Å². The number of aromatic nitrogens is 1. The SMILES string of the molecule is Nc1ccc(NC(=O)C(=O)Nc2cccnc2Cl)cc1Cl. The van der Waals surface area contributed by atoms with Crippen molar-refractivity contribution in [3.05, 3.63) is 46.7 Å². The maximum absolute atomic E-state index is 11.8. The minimum absolute atomic E-state index is 0.0918. The van der Waals surface area contributed by atoms with Gasteiger partial charge in [0.2, 0.25) is 0 Å². The minimum Gasteiger partial charge on any atom is -0.398 e. The predicted molar refractivity (Wildman–Crippen MR) is 82.4 cm³/mol. The van der Waals surface area contributed by atoms with Gasteiger partial charge in [0.05, 0.1) is 16.4 Å². The third kappa shape index (κ3) is 3.84. The summed E-state index contributed by atoms with van der Waals surface area (Å²) < 4.78 is 0. The van der Waals surface area contributed by atoms with E-state index in [0.29, 0.717) is 11.4 Å². The highest BCUT2D eigenvalue weighted by atomic mass is 35.5. The van der Waals surface area contributed by atoms with Gasteiger partial charge in [0, 0.05) is 11.9 Å². The zero-order valence-corrected chi connectivity index (χ0v) is 12.1. The predicted octanol–water partition coefficient (Wildman–Crippen LogP) is 2.55. The number of hydrogen-bond acceptors (Lipinski definition) is 4. The lowest BCUT2D eigenvalue weighted by Crippen LogP contribution is -2.29. The second kappa shape index (κ2) is 6.43. The summed E-state index contributed by atoms with van der Waals surface area (Å²) in [6, 6.07) is 7.61. The largest absolute Gasteiger partial charge is 0.398 e. The molecule has 1 heterocycles. The molecule has 0 atom stereocenters. The van der Waals surface area contributed by atoms with Crippen LogP contribution in [0.4, 0.5) is 17.1 Å². The second-order valence-corrected chi connectivity index (χ2v) is 4.75. The smallest absolute Gasteiger partial charge is 0.314 e. The van der Waals surface area contributed by atoms with Crippen molar-refractivity contribution >= 4 is 52.1 Å². The Labute approximate surface area is 130 Å². The first kappa shape index (κ1) is 15.1. The maximum atomic E-state index is 11.8. The number of carbonyl (C=O) groups excluding carboxylic acids is 2. The highest BCUT2D eigenvalue weighted by Gasteiger charge is 2.15. The van der Waals surface area contributed by atoms with Crippen molar-refractivity contribution in [3.63, 3.8) is 0 Å². The van der Waals surface area contributed by atoms with Crippen LogP contribution in [0.25, 0.3) is 0 Å². The Bertz CT molecular complexity index is 706. The van der Waals surface area contributed by atoms with Crippen molar-refractivity contribution in [2.45, 2.75) is 0 Å². The van der Waals surface area contributed by atoms with Gasteiger partial charge in [0.15, 0.2) is 5.15 Å². The quantitative estimate of drug-likeness (QED) is 0.449. The van der Waals surface area contributed by atoms with Gasteiger partial charge in [0.1, 0.15) is 0 Å². The Kier molecular flexibility index (Phi) is 4.62. The van der Waals surface area contributed by atoms with E-state index in [1.54, 1.807) is 6.07 Å². The first-order chi connectivity index (χ1) is 9.97. The van der Waals surface area contributed by atoms with E-state index in [4.69, 9.17) is 28.9 Å². The second-order valence-electron chi connectivity index (χ2n) is 3.99. The Morgan fingerprint density at radius 3 is 2.48 bits per heavy atom. The Hall–Kier alpha value is -2.31. The number of amides is 2. The average Bonchev–Trinajstić information content (AvgIpc) is 2.45. The molecule has 0 aliphatic rings. The molecule has 1 aromatic carbocycles. The summed E-state index contributed by atoms with van der Waals surface area (Å²) in [5.74, 6) is -1.74. The Balaban J connectivity index is 2.04. The number of nitrogens with one attached hydrogen (secondary N) is 2. The maximum Gasteiger partial charge on any atom is 0.314 e. The minimum atomic E-state index is -0.877. The number of nitrogens with two attached hydrogens (primary N) is 1. The van der Waals surface area contributed by atoms with Gasteiger partial charge < -0.3 is 16.4 Å². The molecule has 4 N–H and O–H groups in total. The summed E-state index contributed by atoms with van der Waals surface area (Å²) in [6.07, 6.45) is 1.47. The molecule has 0 spiro atoms. The molecule has 108 valence electrons. The van der Waals surface area contributed by atoms with E-state index in [0.717, 1.165) is 0 Å². The van der Waals surface area contributed by atoms with Crippen LogP contribution in [-0.2, 0) is 9.59 Å². The van der Waals surface area contributed by atoms with Crippen LogP contribution in [0, 0.1) is 0 Å². The van der Waals surface area contributed by atoms with Crippen molar-refractivity contribution in [1.82, 2.24) is 4.98 Å². The molecule has 2 rings (SSSR count). The molecule has 0 aliphatic heterocycles. The Morgan fingerprint density at radius 1 is 1.10 bits per heavy atom. The van der Waals surface area contributed by atoms with Crippen LogP contribution in [-0.4, -0.2) is 16.8 Å². The summed E-state index contributed by atoms with van der Waals surface area (Å²) in [4.78, 5) is 27.3. The summed E-state index contributed by atoms with van der Waals surface area (Å²) in [6.45, 7) is 0. The van der Waals surface area contributed by atoms with E-state index in [1.165, 1.54) is 30.5 Å². The van der Waals surface area contributed by atoms with Crippen molar-refractivity contribution in [3.8, 4) is 0 Å². The first-order valence-corrected chi connectivity index (χ1v) is 6.51. The molecule has 0 saturated heterocycles. The number of anilines is 3. The molecule has 1 aromatic heterocycles. The number of hydrogen-bond donors (Lipinski definition) is 3. The van der Waals surface area contributed by atoms with Gasteiger partial charge in [-0.1, -0.05) is 23.2 Å². The standard InChI is InChI=1S/C13H10Cl2N4O2/c14-8-6-7(3-4-9(8)16)18-12(20)13(21)19-10-2-1-5-17-11(10)15/h1-6H,16H2,(H,18,20)(H,19,21). The number of rotatable bonds is 2. The van der Waals surface area contributed by atoms with Gasteiger partial charge in [0.25, 0.3) is 0 Å². The van der Waals surface area contributed by atoms with Crippen molar-refractivity contribution in [2.75, 3.05) is 16.4 Å². The number of benzene rings is 1. The molecule has 6 nitrogen and oxygen atoms in total. The number of nitrogen functional groups attached to an aromatic ring is 1. The topological polar surface area (TPSA) is 97.1 Å². The third-order valence-corrected chi connectivity index (χ3v) is 3.10. The lowest BCUT2D eigenvalue weighted by molar-refractivity contribution is -0.132. The van der Waals surface area contributed by atoms with Gasteiger partial charge in [-0.05, 0) is 30.3 Å². The van der Waals surface area contributed by atoms with Gasteiger partial charge >= 0.3 is 11.8 Å².